The highest BCUT2D eigenvalue weighted by molar-refractivity contribution is 7.09. The Hall–Kier alpha value is -1.92. The van der Waals surface area contributed by atoms with Crippen LogP contribution in [0.15, 0.2) is 23.6 Å². The highest BCUT2D eigenvalue weighted by Crippen LogP contribution is 2.26. The third kappa shape index (κ3) is 3.70. The fourth-order valence-electron chi connectivity index (χ4n) is 3.55. The summed E-state index contributed by atoms with van der Waals surface area (Å²) in [5.41, 5.74) is 3.25. The maximum Gasteiger partial charge on any atom is 0.273 e. The first-order valence-corrected chi connectivity index (χ1v) is 9.75. The first kappa shape index (κ1) is 16.5. The Labute approximate surface area is 152 Å². The Morgan fingerprint density at radius 3 is 3.04 bits per heavy atom. The molecule has 0 bridgehead atoms. The van der Waals surface area contributed by atoms with Gasteiger partial charge in [0.25, 0.3) is 5.91 Å². The predicted octanol–water partition coefficient (Wildman–Crippen LogP) is 2.73. The van der Waals surface area contributed by atoms with Crippen LogP contribution in [0, 0.1) is 6.92 Å². The molecule has 1 aromatic carbocycles. The third-order valence-electron chi connectivity index (χ3n) is 4.87. The maximum atomic E-state index is 12.6. The summed E-state index contributed by atoms with van der Waals surface area (Å²) in [4.78, 5) is 21.3. The van der Waals surface area contributed by atoms with Crippen molar-refractivity contribution in [1.82, 2.24) is 14.8 Å². The van der Waals surface area contributed by atoms with Gasteiger partial charge < -0.3 is 9.64 Å². The van der Waals surface area contributed by atoms with Crippen LogP contribution in [0.5, 0.6) is 5.75 Å². The van der Waals surface area contributed by atoms with E-state index >= 15 is 0 Å². The Morgan fingerprint density at radius 2 is 2.20 bits per heavy atom. The van der Waals surface area contributed by atoms with Gasteiger partial charge in [-0.3, -0.25) is 9.69 Å². The average molecular weight is 357 g/mol. The maximum absolute atomic E-state index is 12.6. The van der Waals surface area contributed by atoms with E-state index in [4.69, 9.17) is 4.74 Å². The van der Waals surface area contributed by atoms with Crippen LogP contribution < -0.4 is 4.74 Å². The minimum absolute atomic E-state index is 0.0703. The van der Waals surface area contributed by atoms with Crippen LogP contribution in [0.2, 0.25) is 0 Å². The molecule has 0 atom stereocenters. The van der Waals surface area contributed by atoms with E-state index in [-0.39, 0.29) is 5.91 Å². The van der Waals surface area contributed by atoms with Crippen molar-refractivity contribution >= 4 is 17.2 Å². The molecule has 0 saturated carbocycles. The number of thiazole rings is 1. The molecule has 2 aliphatic rings. The summed E-state index contributed by atoms with van der Waals surface area (Å²) in [5, 5.41) is 2.81. The van der Waals surface area contributed by atoms with Gasteiger partial charge in [-0.15, -0.1) is 11.3 Å². The molecule has 0 spiro atoms. The number of aromatic nitrogens is 1. The molecule has 2 aromatic rings. The van der Waals surface area contributed by atoms with Crippen molar-refractivity contribution in [3.63, 3.8) is 0 Å². The quantitative estimate of drug-likeness (QED) is 0.847. The topological polar surface area (TPSA) is 45.7 Å². The molecule has 3 heterocycles. The van der Waals surface area contributed by atoms with E-state index in [9.17, 15) is 4.79 Å². The number of fused-ring (bicyclic) bond motifs is 1. The van der Waals surface area contributed by atoms with Gasteiger partial charge in [-0.05, 0) is 30.5 Å². The van der Waals surface area contributed by atoms with Gasteiger partial charge in [-0.25, -0.2) is 4.98 Å². The van der Waals surface area contributed by atoms with Crippen molar-refractivity contribution in [3.05, 3.63) is 45.4 Å². The van der Waals surface area contributed by atoms with Crippen molar-refractivity contribution in [3.8, 4) is 5.75 Å². The van der Waals surface area contributed by atoms with Gasteiger partial charge in [0, 0.05) is 44.5 Å². The van der Waals surface area contributed by atoms with Gasteiger partial charge in [0.1, 0.15) is 11.4 Å². The average Bonchev–Trinajstić information content (AvgIpc) is 3.18. The van der Waals surface area contributed by atoms with Gasteiger partial charge >= 0.3 is 0 Å². The van der Waals surface area contributed by atoms with Gasteiger partial charge in [0.05, 0.1) is 11.6 Å². The standard InChI is InChI=1S/C19H23N3O2S/c1-14-20-17(13-25-14)19(23)22-7-2-6-21(8-9-22)12-15-3-4-18-16(11-15)5-10-24-18/h3-4,11,13H,2,5-10,12H2,1H3. The molecule has 6 heteroatoms. The predicted molar refractivity (Wildman–Crippen MR) is 98.3 cm³/mol. The number of amides is 1. The molecule has 0 radical (unpaired) electrons. The second-order valence-electron chi connectivity index (χ2n) is 6.71. The summed E-state index contributed by atoms with van der Waals surface area (Å²) in [6.07, 6.45) is 2.02. The first-order chi connectivity index (χ1) is 12.2. The summed E-state index contributed by atoms with van der Waals surface area (Å²) in [5.74, 6) is 1.11. The molecule has 2 aliphatic heterocycles. The van der Waals surface area contributed by atoms with Crippen molar-refractivity contribution in [2.24, 2.45) is 0 Å². The normalized spacial score (nSPS) is 17.9. The zero-order valence-electron chi connectivity index (χ0n) is 14.5. The van der Waals surface area contributed by atoms with Crippen LogP contribution in [0.1, 0.15) is 33.0 Å². The van der Waals surface area contributed by atoms with E-state index in [1.807, 2.05) is 17.2 Å². The van der Waals surface area contributed by atoms with Crippen LogP contribution in [-0.2, 0) is 13.0 Å². The molecule has 1 saturated heterocycles. The summed E-state index contributed by atoms with van der Waals surface area (Å²) in [6.45, 7) is 7.18. The zero-order valence-corrected chi connectivity index (χ0v) is 15.3. The minimum atomic E-state index is 0.0703. The SMILES string of the molecule is Cc1nc(C(=O)N2CCCN(Cc3ccc4c(c3)CCO4)CC2)cs1. The smallest absolute Gasteiger partial charge is 0.273 e. The van der Waals surface area contributed by atoms with Crippen LogP contribution in [-0.4, -0.2) is 53.5 Å². The molecule has 0 aliphatic carbocycles. The minimum Gasteiger partial charge on any atom is -0.493 e. The number of aryl methyl sites for hydroxylation is 1. The van der Waals surface area contributed by atoms with Crippen LogP contribution in [0.25, 0.3) is 0 Å². The molecule has 0 N–H and O–H groups in total. The number of benzene rings is 1. The number of carbonyl (C=O) groups excluding carboxylic acids is 1. The van der Waals surface area contributed by atoms with Gasteiger partial charge in [-0.2, -0.15) is 0 Å². The van der Waals surface area contributed by atoms with Crippen LogP contribution in [0.4, 0.5) is 0 Å². The number of carbonyl (C=O) groups is 1. The van der Waals surface area contributed by atoms with E-state index in [0.29, 0.717) is 5.69 Å². The van der Waals surface area contributed by atoms with Crippen molar-refractivity contribution < 1.29 is 9.53 Å². The monoisotopic (exact) mass is 357 g/mol. The van der Waals surface area contributed by atoms with Crippen LogP contribution in [0.3, 0.4) is 0 Å². The highest BCUT2D eigenvalue weighted by Gasteiger charge is 2.22. The summed E-state index contributed by atoms with van der Waals surface area (Å²) < 4.78 is 5.58. The van der Waals surface area contributed by atoms with Crippen LogP contribution >= 0.6 is 11.3 Å². The van der Waals surface area contributed by atoms with E-state index in [1.165, 1.54) is 22.5 Å². The molecule has 4 rings (SSSR count). The molecule has 1 amide bonds. The van der Waals surface area contributed by atoms with Crippen molar-refractivity contribution in [2.75, 3.05) is 32.8 Å². The van der Waals surface area contributed by atoms with Gasteiger partial charge in [0.15, 0.2) is 0 Å². The first-order valence-electron chi connectivity index (χ1n) is 8.87. The molecular weight excluding hydrogens is 334 g/mol. The Morgan fingerprint density at radius 1 is 1.28 bits per heavy atom. The lowest BCUT2D eigenvalue weighted by atomic mass is 10.1. The Bertz CT molecular complexity index is 774. The second-order valence-corrected chi connectivity index (χ2v) is 7.78. The second kappa shape index (κ2) is 7.14. The number of rotatable bonds is 3. The molecule has 1 aromatic heterocycles. The lowest BCUT2D eigenvalue weighted by Crippen LogP contribution is -2.35. The van der Waals surface area contributed by atoms with E-state index in [1.54, 1.807) is 0 Å². The van der Waals surface area contributed by atoms with Gasteiger partial charge in [0.2, 0.25) is 0 Å². The van der Waals surface area contributed by atoms with E-state index < -0.39 is 0 Å². The third-order valence-corrected chi connectivity index (χ3v) is 5.65. The fraction of sp³-hybridized carbons (Fsp3) is 0.474. The fourth-order valence-corrected chi connectivity index (χ4v) is 4.14. The number of hydrogen-bond donors (Lipinski definition) is 0. The highest BCUT2D eigenvalue weighted by atomic mass is 32.1. The summed E-state index contributed by atoms with van der Waals surface area (Å²) in [7, 11) is 0. The lowest BCUT2D eigenvalue weighted by molar-refractivity contribution is 0.0756. The molecule has 1 fully saturated rings. The zero-order chi connectivity index (χ0) is 17.2. The van der Waals surface area contributed by atoms with E-state index in [0.717, 1.165) is 62.9 Å². The molecule has 0 unspecified atom stereocenters. The Kier molecular flexibility index (Phi) is 4.72. The number of ether oxygens (including phenoxy) is 1. The molecule has 5 nitrogen and oxygen atoms in total. The largest absolute Gasteiger partial charge is 0.493 e. The number of hydrogen-bond acceptors (Lipinski definition) is 5. The Balaban J connectivity index is 1.37. The molecule has 25 heavy (non-hydrogen) atoms. The van der Waals surface area contributed by atoms with Crippen molar-refractivity contribution in [2.45, 2.75) is 26.3 Å². The number of nitrogens with zero attached hydrogens (tertiary/aromatic N) is 3. The van der Waals surface area contributed by atoms with Crippen molar-refractivity contribution in [1.29, 1.82) is 0 Å². The molecule has 132 valence electrons. The van der Waals surface area contributed by atoms with Gasteiger partial charge in [-0.1, -0.05) is 12.1 Å². The summed E-state index contributed by atoms with van der Waals surface area (Å²) in [6, 6.07) is 6.53. The summed E-state index contributed by atoms with van der Waals surface area (Å²) >= 11 is 1.53. The van der Waals surface area contributed by atoms with E-state index in [2.05, 4.69) is 28.1 Å². The molecular formula is C19H23N3O2S. The lowest BCUT2D eigenvalue weighted by Gasteiger charge is -2.21.